The van der Waals surface area contributed by atoms with Gasteiger partial charge in [0.2, 0.25) is 0 Å². The summed E-state index contributed by atoms with van der Waals surface area (Å²) in [5.41, 5.74) is 9.70. The molecule has 0 saturated carbocycles. The lowest BCUT2D eigenvalue weighted by Crippen LogP contribution is -1.75. The smallest absolute Gasteiger partial charge is 0.0233 e. The molecule has 0 saturated heterocycles. The second kappa shape index (κ2) is 16.4. The number of benzene rings is 3. The van der Waals surface area contributed by atoms with Crippen LogP contribution in [0.25, 0.3) is 18.2 Å². The van der Waals surface area contributed by atoms with E-state index >= 15 is 0 Å². The van der Waals surface area contributed by atoms with E-state index in [0.717, 1.165) is 0 Å². The molecule has 0 amide bonds. The Hall–Kier alpha value is -3.60. The van der Waals surface area contributed by atoms with Crippen LogP contribution in [0, 0.1) is 20.8 Å². The summed E-state index contributed by atoms with van der Waals surface area (Å²) in [6.45, 7) is 23.5. The molecule has 0 radical (unpaired) electrons. The first-order valence-electron chi connectivity index (χ1n) is 9.77. The average molecular weight is 395 g/mol. The summed E-state index contributed by atoms with van der Waals surface area (Å²) in [5.74, 6) is 0. The number of aryl methyl sites for hydroxylation is 3. The van der Waals surface area contributed by atoms with E-state index in [0.29, 0.717) is 0 Å². The summed E-state index contributed by atoms with van der Waals surface area (Å²) in [4.78, 5) is 0. The molecule has 3 aromatic rings. The molecule has 0 heteroatoms. The molecule has 0 fully saturated rings. The minimum Gasteiger partial charge on any atom is -0.137 e. The van der Waals surface area contributed by atoms with E-state index < -0.39 is 0 Å². The van der Waals surface area contributed by atoms with E-state index in [4.69, 9.17) is 0 Å². The fourth-order valence-electron chi connectivity index (χ4n) is 2.32. The third kappa shape index (κ3) is 12.0. The Morgan fingerprint density at radius 3 is 1.57 bits per heavy atom. The van der Waals surface area contributed by atoms with Crippen molar-refractivity contribution in [2.75, 3.05) is 0 Å². The Morgan fingerprint density at radius 1 is 0.600 bits per heavy atom. The average Bonchev–Trinajstić information content (AvgIpc) is 2.76. The highest BCUT2D eigenvalue weighted by atomic mass is 13.9. The molecule has 0 aromatic heterocycles. The van der Waals surface area contributed by atoms with Crippen molar-refractivity contribution in [2.45, 2.75) is 20.8 Å². The Bertz CT molecular complexity index is 934. The van der Waals surface area contributed by atoms with E-state index in [9.17, 15) is 0 Å². The third-order valence-electron chi connectivity index (χ3n) is 4.00. The van der Waals surface area contributed by atoms with Gasteiger partial charge in [-0.15, -0.1) is 5.73 Å². The van der Waals surface area contributed by atoms with Gasteiger partial charge >= 0.3 is 0 Å². The highest BCUT2D eigenvalue weighted by molar-refractivity contribution is 5.51. The van der Waals surface area contributed by atoms with E-state index in [1.54, 1.807) is 0 Å². The summed E-state index contributed by atoms with van der Waals surface area (Å²) in [6, 6.07) is 24.7. The van der Waals surface area contributed by atoms with E-state index in [1.165, 1.54) is 33.4 Å². The summed E-state index contributed by atoms with van der Waals surface area (Å²) < 4.78 is 0. The van der Waals surface area contributed by atoms with Crippen molar-refractivity contribution in [3.8, 4) is 0 Å². The van der Waals surface area contributed by atoms with Crippen LogP contribution < -0.4 is 0 Å². The van der Waals surface area contributed by atoms with Crippen LogP contribution in [0.1, 0.15) is 33.4 Å². The largest absolute Gasteiger partial charge is 0.137 e. The van der Waals surface area contributed by atoms with Gasteiger partial charge in [0, 0.05) is 0 Å². The zero-order valence-corrected chi connectivity index (χ0v) is 18.7. The Labute approximate surface area is 183 Å². The van der Waals surface area contributed by atoms with Gasteiger partial charge in [0.15, 0.2) is 0 Å². The van der Waals surface area contributed by atoms with Crippen LogP contribution in [-0.2, 0) is 0 Å². The lowest BCUT2D eigenvalue weighted by Gasteiger charge is -1.95. The van der Waals surface area contributed by atoms with Gasteiger partial charge in [-0.3, -0.25) is 0 Å². The van der Waals surface area contributed by atoms with Gasteiger partial charge in [0.1, 0.15) is 0 Å². The Balaban J connectivity index is 0.000000394. The van der Waals surface area contributed by atoms with Gasteiger partial charge in [-0.25, -0.2) is 0 Å². The molecule has 0 bridgehead atoms. The van der Waals surface area contributed by atoms with E-state index in [1.807, 2.05) is 42.5 Å². The Kier molecular flexibility index (Phi) is 14.4. The second-order valence-electron chi connectivity index (χ2n) is 6.54. The first kappa shape index (κ1) is 26.4. The standard InChI is InChI=1S/3C9H10.C3H4/c1-3-9-6-4-8(2)5-7-9;1-3-9-6-4-5-8(2)7-9;1-3-9-7-5-4-6-8(9)2;1-3-2/h3*3-7H,1H2,2H3;1-2H2. The van der Waals surface area contributed by atoms with Crippen LogP contribution in [0.15, 0.2) is 111 Å². The topological polar surface area (TPSA) is 0 Å². The normalized spacial score (nSPS) is 8.37. The molecule has 0 aliphatic heterocycles. The summed E-state index contributed by atoms with van der Waals surface area (Å²) in [5, 5.41) is 0. The van der Waals surface area contributed by atoms with Crippen LogP contribution in [0.3, 0.4) is 0 Å². The predicted molar refractivity (Wildman–Crippen MR) is 139 cm³/mol. The van der Waals surface area contributed by atoms with Gasteiger partial charge in [0.05, 0.1) is 0 Å². The van der Waals surface area contributed by atoms with Crippen molar-refractivity contribution in [3.05, 3.63) is 145 Å². The van der Waals surface area contributed by atoms with Crippen molar-refractivity contribution in [1.82, 2.24) is 0 Å². The number of hydrogen-bond acceptors (Lipinski definition) is 0. The van der Waals surface area contributed by atoms with Crippen molar-refractivity contribution >= 4 is 18.2 Å². The van der Waals surface area contributed by atoms with Crippen molar-refractivity contribution in [2.24, 2.45) is 0 Å². The molecule has 154 valence electrons. The molecule has 30 heavy (non-hydrogen) atoms. The predicted octanol–water partition coefficient (Wildman–Crippen LogP) is 8.87. The van der Waals surface area contributed by atoms with Crippen molar-refractivity contribution < 1.29 is 0 Å². The SMILES string of the molecule is C=C=C.C=Cc1ccc(C)cc1.C=Cc1cccc(C)c1.C=Cc1ccccc1C. The molecule has 0 heterocycles. The van der Waals surface area contributed by atoms with Gasteiger partial charge in [0.25, 0.3) is 0 Å². The fourth-order valence-corrected chi connectivity index (χ4v) is 2.32. The zero-order chi connectivity index (χ0) is 22.8. The highest BCUT2D eigenvalue weighted by Crippen LogP contribution is 2.07. The minimum atomic E-state index is 1.18. The van der Waals surface area contributed by atoms with Crippen LogP contribution in [0.2, 0.25) is 0 Å². The lowest BCUT2D eigenvalue weighted by atomic mass is 10.1. The fraction of sp³-hybridized carbons (Fsp3) is 0.100. The van der Waals surface area contributed by atoms with E-state index in [-0.39, 0.29) is 0 Å². The minimum absolute atomic E-state index is 1.18. The first-order chi connectivity index (χ1) is 14.4. The molecule has 0 N–H and O–H groups in total. The summed E-state index contributed by atoms with van der Waals surface area (Å²) in [6.07, 6.45) is 5.57. The molecular weight excluding hydrogens is 360 g/mol. The highest BCUT2D eigenvalue weighted by Gasteiger charge is 1.87. The molecular formula is C30H34. The third-order valence-corrected chi connectivity index (χ3v) is 4.00. The second-order valence-corrected chi connectivity index (χ2v) is 6.54. The maximum atomic E-state index is 3.69. The monoisotopic (exact) mass is 394 g/mol. The van der Waals surface area contributed by atoms with Crippen LogP contribution in [-0.4, -0.2) is 0 Å². The van der Waals surface area contributed by atoms with Gasteiger partial charge in [-0.2, -0.15) is 0 Å². The maximum Gasteiger partial charge on any atom is -0.0233 e. The zero-order valence-electron chi connectivity index (χ0n) is 18.7. The summed E-state index contributed by atoms with van der Waals surface area (Å²) in [7, 11) is 0. The first-order valence-corrected chi connectivity index (χ1v) is 9.77. The van der Waals surface area contributed by atoms with Gasteiger partial charge < -0.3 is 0 Å². The lowest BCUT2D eigenvalue weighted by molar-refractivity contribution is 1.45. The van der Waals surface area contributed by atoms with Gasteiger partial charge in [-0.05, 0) is 43.0 Å². The quantitative estimate of drug-likeness (QED) is 0.389. The molecule has 3 aromatic carbocycles. The van der Waals surface area contributed by atoms with E-state index in [2.05, 4.69) is 108 Å². The van der Waals surface area contributed by atoms with Gasteiger partial charge in [-0.1, -0.05) is 135 Å². The number of rotatable bonds is 3. The molecule has 0 aliphatic rings. The van der Waals surface area contributed by atoms with Crippen molar-refractivity contribution in [1.29, 1.82) is 0 Å². The number of hydrogen-bond donors (Lipinski definition) is 0. The van der Waals surface area contributed by atoms with Crippen molar-refractivity contribution in [3.63, 3.8) is 0 Å². The Morgan fingerprint density at radius 2 is 1.17 bits per heavy atom. The van der Waals surface area contributed by atoms with Crippen LogP contribution in [0.5, 0.6) is 0 Å². The molecule has 0 atom stereocenters. The van der Waals surface area contributed by atoms with Crippen LogP contribution in [0.4, 0.5) is 0 Å². The molecule has 0 nitrogen and oxygen atoms in total. The molecule has 0 aliphatic carbocycles. The molecule has 0 spiro atoms. The molecule has 0 unspecified atom stereocenters. The summed E-state index contributed by atoms with van der Waals surface area (Å²) >= 11 is 0. The van der Waals surface area contributed by atoms with Crippen LogP contribution >= 0.6 is 0 Å². The maximum absolute atomic E-state index is 3.69. The molecule has 3 rings (SSSR count).